The zero-order valence-corrected chi connectivity index (χ0v) is 57.9. The minimum atomic E-state index is -2.05. The summed E-state index contributed by atoms with van der Waals surface area (Å²) in [6.07, 6.45) is -20.3. The van der Waals surface area contributed by atoms with E-state index in [0.29, 0.717) is 44.1 Å². The van der Waals surface area contributed by atoms with E-state index < -0.39 is 184 Å². The van der Waals surface area contributed by atoms with Gasteiger partial charge in [-0.3, -0.25) is 14.4 Å². The van der Waals surface area contributed by atoms with Crippen molar-refractivity contribution < 1.29 is 126 Å². The summed E-state index contributed by atoms with van der Waals surface area (Å²) in [5.41, 5.74) is 0.656. The molecule has 6 heterocycles. The number of carbonyl (C=O) groups excluding carboxylic acids is 4. The number of unbranched alkanes of at least 4 members (excludes halogenated alkanes) is 10. The fourth-order valence-electron chi connectivity index (χ4n) is 13.3. The normalized spacial score (nSPS) is 38.2. The maximum Gasteiger partial charge on any atom is 0.331 e. The van der Waals surface area contributed by atoms with Crippen LogP contribution in [0.1, 0.15) is 215 Å². The summed E-state index contributed by atoms with van der Waals surface area (Å²) in [5, 5.41) is 92.5. The van der Waals surface area contributed by atoms with E-state index in [4.69, 9.17) is 66.3 Å². The van der Waals surface area contributed by atoms with Crippen LogP contribution in [-0.4, -0.2) is 231 Å². The van der Waals surface area contributed by atoms with Gasteiger partial charge in [0.05, 0.1) is 37.1 Å². The Morgan fingerprint density at radius 2 is 1.02 bits per heavy atom. The highest BCUT2D eigenvalue weighted by atomic mass is 16.8. The second-order valence-electron chi connectivity index (χ2n) is 27.0. The molecule has 7 rings (SSSR count). The Bertz CT molecular complexity index is 2470. The molecule has 26 heteroatoms. The van der Waals surface area contributed by atoms with Crippen molar-refractivity contribution in [1.82, 2.24) is 0 Å². The SMILES string of the molecule is CCCCCCCCCC(=O)O[C@H]1[C@H](O[C@@H]2[C@@H](O)[C@H]3OC(=O)CCCCCCCCC[C@H](CCCCC)O[C@@H]4O[C@H](C)[C@H](O)[C@H](O)[C@H]4O[C@@H]3O[C@H]2C)O[C@@H](C)[C@H](O[C@@H]2O[C@@H](C)[C@H](OC(=O)CCCCC)[C@@H](OC(=O)/C=C/c3ccccc3)[C@H]2O)[C@H]1O[C@@H]1O[C@H](CO)[C@@H](O)[C@H](O)[C@H]1O. The fourth-order valence-corrected chi connectivity index (χ4v) is 13.3. The van der Waals surface area contributed by atoms with Gasteiger partial charge in [-0.2, -0.15) is 0 Å². The fraction of sp³-hybridized carbons (Fsp3) is 0.831. The molecule has 1 aromatic rings. The molecule has 554 valence electrons. The van der Waals surface area contributed by atoms with Crippen molar-refractivity contribution in [2.45, 2.75) is 369 Å². The van der Waals surface area contributed by atoms with Crippen molar-refractivity contribution in [3.05, 3.63) is 42.0 Å². The number of hydrogen-bond donors (Lipinski definition) is 8. The summed E-state index contributed by atoms with van der Waals surface area (Å²) in [7, 11) is 0. The first-order chi connectivity index (χ1) is 46.7. The van der Waals surface area contributed by atoms with Crippen molar-refractivity contribution in [2.24, 2.45) is 0 Å². The largest absolute Gasteiger partial charge is 0.455 e. The molecular formula is C71H114O26. The zero-order valence-electron chi connectivity index (χ0n) is 57.9. The van der Waals surface area contributed by atoms with Crippen LogP contribution in [0.2, 0.25) is 0 Å². The Labute approximate surface area is 571 Å². The van der Waals surface area contributed by atoms with Gasteiger partial charge in [0, 0.05) is 25.3 Å². The molecule has 8 N–H and O–H groups in total. The van der Waals surface area contributed by atoms with Crippen LogP contribution in [0, 0.1) is 0 Å². The molecule has 6 saturated heterocycles. The van der Waals surface area contributed by atoms with Crippen molar-refractivity contribution in [3.63, 3.8) is 0 Å². The summed E-state index contributed by atoms with van der Waals surface area (Å²) in [4.78, 5) is 55.7. The van der Waals surface area contributed by atoms with Crippen LogP contribution in [0.15, 0.2) is 36.4 Å². The van der Waals surface area contributed by atoms with E-state index in [1.807, 2.05) is 6.92 Å². The minimum absolute atomic E-state index is 0.0146. The number of aliphatic hydroxyl groups is 8. The first-order valence-corrected chi connectivity index (χ1v) is 36.1. The van der Waals surface area contributed by atoms with Crippen LogP contribution < -0.4 is 0 Å². The topological polar surface area (TPSA) is 359 Å². The Kier molecular flexibility index (Phi) is 34.2. The summed E-state index contributed by atoms with van der Waals surface area (Å²) >= 11 is 0. The second kappa shape index (κ2) is 41.3. The third-order valence-corrected chi connectivity index (χ3v) is 19.1. The molecule has 6 aliphatic rings. The maximum atomic E-state index is 14.5. The molecule has 0 aromatic heterocycles. The lowest BCUT2D eigenvalue weighted by molar-refractivity contribution is -0.400. The highest BCUT2D eigenvalue weighted by molar-refractivity contribution is 5.87. The van der Waals surface area contributed by atoms with Crippen LogP contribution >= 0.6 is 0 Å². The number of hydrogen-bond acceptors (Lipinski definition) is 26. The van der Waals surface area contributed by atoms with Gasteiger partial charge in [-0.05, 0) is 71.4 Å². The standard InChI is InChI=1S/C71H114O26/c1-8-11-14-15-17-21-30-37-50(75)93-66-65(97-67-56(81)54(79)53(78)47(40-72)89-67)61(95-68-58(83)62(91-51(76)39-38-45-31-26-23-27-32-45)60(43(6)85-68)90-48(73)35-25-13-10-3)44(7)87-71(66)94-59-42(5)86-70-64(57(59)82)92-49(74)36-29-22-19-16-18-20-28-34-46(33-24-12-9-2)88-69-63(96-70)55(80)52(77)41(4)84-69/h23,26-27,31-32,38-39,41-44,46-47,52-72,77-83H,8-22,24-25,28-30,33-37,40H2,1-7H3/b39-38+/t41-,42+,43+,44+,46+,47-,52+,53-,54+,55+,56-,57-,58-,59+,60+,61+,62+,63-,64-,65-,66-,67+,68+,69+,70+,71+/m1/s1. The Hall–Kier alpha value is -3.88. The molecule has 0 bridgehead atoms. The van der Waals surface area contributed by atoms with Gasteiger partial charge in [0.25, 0.3) is 0 Å². The van der Waals surface area contributed by atoms with E-state index in [-0.39, 0.29) is 25.4 Å². The molecule has 26 nitrogen and oxygen atoms in total. The lowest BCUT2D eigenvalue weighted by atomic mass is 9.95. The number of esters is 4. The van der Waals surface area contributed by atoms with Crippen LogP contribution in [0.5, 0.6) is 0 Å². The molecule has 26 atom stereocenters. The Morgan fingerprint density at radius 1 is 0.474 bits per heavy atom. The van der Waals surface area contributed by atoms with Gasteiger partial charge in [-0.25, -0.2) is 4.79 Å². The molecule has 0 unspecified atom stereocenters. The van der Waals surface area contributed by atoms with Gasteiger partial charge in [0.2, 0.25) is 0 Å². The monoisotopic (exact) mass is 1380 g/mol. The van der Waals surface area contributed by atoms with Crippen LogP contribution in [0.25, 0.3) is 6.08 Å². The first kappa shape index (κ1) is 80.4. The van der Waals surface area contributed by atoms with Crippen molar-refractivity contribution >= 4 is 30.0 Å². The molecular weight excluding hydrogens is 1270 g/mol. The van der Waals surface area contributed by atoms with Crippen molar-refractivity contribution in [1.29, 1.82) is 0 Å². The molecule has 6 fully saturated rings. The molecule has 6 aliphatic heterocycles. The molecule has 0 amide bonds. The van der Waals surface area contributed by atoms with Crippen LogP contribution in [0.4, 0.5) is 0 Å². The molecule has 0 radical (unpaired) electrons. The summed E-state index contributed by atoms with van der Waals surface area (Å²) in [5.74, 6) is -3.09. The van der Waals surface area contributed by atoms with E-state index in [1.54, 1.807) is 37.3 Å². The van der Waals surface area contributed by atoms with Crippen molar-refractivity contribution in [2.75, 3.05) is 6.61 Å². The average Bonchev–Trinajstić information content (AvgIpc) is 0.764. The molecule has 1 aromatic carbocycles. The number of rotatable bonds is 28. The van der Waals surface area contributed by atoms with Gasteiger partial charge in [0.15, 0.2) is 55.9 Å². The Balaban J connectivity index is 1.25. The number of fused-ring (bicyclic) bond motifs is 2. The lowest BCUT2D eigenvalue weighted by Crippen LogP contribution is -2.68. The number of benzene rings is 1. The minimum Gasteiger partial charge on any atom is -0.455 e. The van der Waals surface area contributed by atoms with Gasteiger partial charge in [-0.15, -0.1) is 0 Å². The predicted octanol–water partition coefficient (Wildman–Crippen LogP) is 6.32. The van der Waals surface area contributed by atoms with Gasteiger partial charge in [0.1, 0.15) is 73.2 Å². The van der Waals surface area contributed by atoms with Crippen LogP contribution in [-0.2, 0) is 85.5 Å². The highest BCUT2D eigenvalue weighted by Gasteiger charge is 2.59. The van der Waals surface area contributed by atoms with E-state index in [1.165, 1.54) is 26.8 Å². The van der Waals surface area contributed by atoms with Gasteiger partial charge in [-0.1, -0.05) is 160 Å². The third-order valence-electron chi connectivity index (χ3n) is 19.1. The number of aliphatic hydroxyl groups excluding tert-OH is 8. The highest BCUT2D eigenvalue weighted by Crippen LogP contribution is 2.40. The van der Waals surface area contributed by atoms with Gasteiger partial charge >= 0.3 is 23.9 Å². The third kappa shape index (κ3) is 23.6. The second-order valence-corrected chi connectivity index (χ2v) is 27.0. The molecule has 0 saturated carbocycles. The van der Waals surface area contributed by atoms with E-state index in [0.717, 1.165) is 109 Å². The molecule has 0 spiro atoms. The number of carbonyl (C=O) groups is 4. The summed E-state index contributed by atoms with van der Waals surface area (Å²) in [6, 6.07) is 8.86. The Morgan fingerprint density at radius 3 is 1.71 bits per heavy atom. The zero-order chi connectivity index (χ0) is 70.1. The maximum absolute atomic E-state index is 14.5. The smallest absolute Gasteiger partial charge is 0.331 e. The molecule has 0 aliphatic carbocycles. The van der Waals surface area contributed by atoms with E-state index in [9.17, 15) is 60.0 Å². The first-order valence-electron chi connectivity index (χ1n) is 36.1. The summed E-state index contributed by atoms with van der Waals surface area (Å²) < 4.78 is 89.3. The summed E-state index contributed by atoms with van der Waals surface area (Å²) in [6.45, 7) is 11.4. The average molecular weight is 1380 g/mol. The lowest BCUT2D eigenvalue weighted by Gasteiger charge is -2.51. The predicted molar refractivity (Wildman–Crippen MR) is 347 cm³/mol. The van der Waals surface area contributed by atoms with E-state index >= 15 is 0 Å². The van der Waals surface area contributed by atoms with Crippen molar-refractivity contribution in [3.8, 4) is 0 Å². The number of ether oxygens (including phenoxy) is 14. The van der Waals surface area contributed by atoms with Crippen LogP contribution in [0.3, 0.4) is 0 Å². The van der Waals surface area contributed by atoms with Gasteiger partial charge < -0.3 is 107 Å². The quantitative estimate of drug-likeness (QED) is 0.0197. The van der Waals surface area contributed by atoms with E-state index in [2.05, 4.69) is 13.8 Å². The molecule has 97 heavy (non-hydrogen) atoms.